The molecule has 0 radical (unpaired) electrons. The Kier molecular flexibility index (Phi) is 3.95. The number of rotatable bonds is 2. The zero-order valence-electron chi connectivity index (χ0n) is 17.5. The predicted molar refractivity (Wildman–Crippen MR) is 102 cm³/mol. The van der Waals surface area contributed by atoms with E-state index in [9.17, 15) is 14.7 Å². The average molecular weight is 391 g/mol. The number of aliphatic hydroxyl groups is 1. The summed E-state index contributed by atoms with van der Waals surface area (Å²) in [5.41, 5.74) is -1.65. The fourth-order valence-electron chi connectivity index (χ4n) is 8.82. The van der Waals surface area contributed by atoms with Gasteiger partial charge in [0.25, 0.3) is 0 Å². The van der Waals surface area contributed by atoms with Gasteiger partial charge in [0.15, 0.2) is 0 Å². The van der Waals surface area contributed by atoms with Gasteiger partial charge in [0, 0.05) is 23.7 Å². The lowest BCUT2D eigenvalue weighted by molar-refractivity contribution is -0.260. The van der Waals surface area contributed by atoms with E-state index in [0.29, 0.717) is 18.3 Å². The normalized spacial score (nSPS) is 54.4. The van der Waals surface area contributed by atoms with Gasteiger partial charge in [0.05, 0.1) is 12.2 Å². The van der Waals surface area contributed by atoms with E-state index < -0.39 is 11.2 Å². The molecule has 5 fully saturated rings. The van der Waals surface area contributed by atoms with E-state index in [2.05, 4.69) is 6.92 Å². The Labute approximate surface area is 167 Å². The molecule has 4 aliphatic carbocycles. The number of carbonyl (C=O) groups excluding carboxylic acids is 2. The Balaban J connectivity index is 1.49. The van der Waals surface area contributed by atoms with Crippen LogP contribution in [0.3, 0.4) is 0 Å². The summed E-state index contributed by atoms with van der Waals surface area (Å²) in [5, 5.41) is 12.2. The molecule has 0 aromatic rings. The second-order valence-electron chi connectivity index (χ2n) is 10.7. The van der Waals surface area contributed by atoms with Crippen molar-refractivity contribution in [1.82, 2.24) is 0 Å². The summed E-state index contributed by atoms with van der Waals surface area (Å²) < 4.78 is 12.2. The predicted octanol–water partition coefficient (Wildman–Crippen LogP) is 3.41. The molecule has 1 heterocycles. The van der Waals surface area contributed by atoms with Gasteiger partial charge in [-0.1, -0.05) is 6.92 Å². The lowest BCUT2D eigenvalue weighted by Gasteiger charge is -2.63. The molecule has 1 spiro atoms. The van der Waals surface area contributed by atoms with Crippen molar-refractivity contribution in [1.29, 1.82) is 0 Å². The van der Waals surface area contributed by atoms with E-state index in [4.69, 9.17) is 9.47 Å². The first kappa shape index (κ1) is 19.0. The first-order valence-corrected chi connectivity index (χ1v) is 11.2. The van der Waals surface area contributed by atoms with Crippen LogP contribution >= 0.6 is 0 Å². The largest absolute Gasteiger partial charge is 0.463 e. The topological polar surface area (TPSA) is 72.8 Å². The van der Waals surface area contributed by atoms with Crippen molar-refractivity contribution in [2.45, 2.75) is 95.9 Å². The van der Waals surface area contributed by atoms with Crippen LogP contribution in [0.4, 0.5) is 0 Å². The summed E-state index contributed by atoms with van der Waals surface area (Å²) in [4.78, 5) is 23.8. The van der Waals surface area contributed by atoms with Crippen molar-refractivity contribution in [2.24, 2.45) is 28.6 Å². The Bertz CT molecular complexity index is 720. The number of hydrogen-bond donors (Lipinski definition) is 1. The average Bonchev–Trinajstić information content (AvgIpc) is 3.03. The smallest absolute Gasteiger partial charge is 0.302 e. The van der Waals surface area contributed by atoms with E-state index in [0.717, 1.165) is 58.0 Å². The SMILES string of the molecule is CC(=O)O[C@H]1CC[C@@]23CO[C@@]4(CC[C@H]2C1)[C@@H]3CC[C@]1(C)[C@@H](C(C)=O)CC[C@]41O. The summed E-state index contributed by atoms with van der Waals surface area (Å²) >= 11 is 0. The zero-order valence-corrected chi connectivity index (χ0v) is 17.5. The van der Waals surface area contributed by atoms with Crippen LogP contribution in [0, 0.1) is 28.6 Å². The van der Waals surface area contributed by atoms with Gasteiger partial charge in [-0.2, -0.15) is 0 Å². The van der Waals surface area contributed by atoms with Crippen molar-refractivity contribution in [3.8, 4) is 0 Å². The molecule has 5 rings (SSSR count). The highest BCUT2D eigenvalue weighted by Gasteiger charge is 2.78. The Hall–Kier alpha value is -0.940. The van der Waals surface area contributed by atoms with Gasteiger partial charge in [0.1, 0.15) is 17.5 Å². The quantitative estimate of drug-likeness (QED) is 0.732. The minimum absolute atomic E-state index is 0.0340. The number of fused-ring (bicyclic) bond motifs is 1. The first-order valence-electron chi connectivity index (χ1n) is 11.2. The molecule has 5 heteroatoms. The summed E-state index contributed by atoms with van der Waals surface area (Å²) in [6, 6.07) is 0. The molecule has 156 valence electrons. The minimum Gasteiger partial charge on any atom is -0.463 e. The van der Waals surface area contributed by atoms with Crippen LogP contribution in [0.5, 0.6) is 0 Å². The number of carbonyl (C=O) groups is 2. The third kappa shape index (κ3) is 2.05. The summed E-state index contributed by atoms with van der Waals surface area (Å²) in [5.74, 6) is 0.852. The number of Topliss-reactive ketones (excluding diaryl/α,β-unsaturated/α-hetero) is 1. The molecule has 0 aromatic carbocycles. The van der Waals surface area contributed by atoms with E-state index in [-0.39, 0.29) is 34.6 Å². The zero-order chi connectivity index (χ0) is 19.9. The molecule has 2 bridgehead atoms. The van der Waals surface area contributed by atoms with Crippen LogP contribution in [0.2, 0.25) is 0 Å². The maximum atomic E-state index is 12.4. The molecular formula is C23H34O5. The summed E-state index contributed by atoms with van der Waals surface area (Å²) in [6.45, 7) is 6.06. The van der Waals surface area contributed by atoms with Gasteiger partial charge in [-0.3, -0.25) is 9.59 Å². The fraction of sp³-hybridized carbons (Fsp3) is 0.913. The minimum atomic E-state index is -0.902. The van der Waals surface area contributed by atoms with Crippen LogP contribution in [0.25, 0.3) is 0 Å². The van der Waals surface area contributed by atoms with Crippen LogP contribution in [-0.4, -0.2) is 40.8 Å². The number of ketones is 1. The molecule has 1 saturated heterocycles. The van der Waals surface area contributed by atoms with Crippen molar-refractivity contribution in [2.75, 3.05) is 6.61 Å². The van der Waals surface area contributed by atoms with E-state index >= 15 is 0 Å². The molecule has 5 nitrogen and oxygen atoms in total. The van der Waals surface area contributed by atoms with Gasteiger partial charge in [-0.05, 0) is 76.5 Å². The van der Waals surface area contributed by atoms with E-state index in [1.165, 1.54) is 6.92 Å². The third-order valence-corrected chi connectivity index (χ3v) is 10.00. The molecule has 0 unspecified atom stereocenters. The van der Waals surface area contributed by atoms with Crippen molar-refractivity contribution in [3.63, 3.8) is 0 Å². The van der Waals surface area contributed by atoms with Crippen molar-refractivity contribution < 1.29 is 24.2 Å². The second-order valence-corrected chi connectivity index (χ2v) is 10.7. The monoisotopic (exact) mass is 390 g/mol. The maximum Gasteiger partial charge on any atom is 0.302 e. The van der Waals surface area contributed by atoms with Gasteiger partial charge < -0.3 is 14.6 Å². The van der Waals surface area contributed by atoms with Gasteiger partial charge >= 0.3 is 5.97 Å². The Morgan fingerprint density at radius 2 is 1.82 bits per heavy atom. The number of ether oxygens (including phenoxy) is 2. The fourth-order valence-corrected chi connectivity index (χ4v) is 8.82. The molecule has 0 aromatic heterocycles. The molecule has 4 saturated carbocycles. The van der Waals surface area contributed by atoms with E-state index in [1.54, 1.807) is 6.92 Å². The van der Waals surface area contributed by atoms with Crippen molar-refractivity contribution in [3.05, 3.63) is 0 Å². The highest BCUT2D eigenvalue weighted by Crippen LogP contribution is 2.74. The van der Waals surface area contributed by atoms with Gasteiger partial charge in [0.2, 0.25) is 0 Å². The Morgan fingerprint density at radius 3 is 2.54 bits per heavy atom. The van der Waals surface area contributed by atoms with Gasteiger partial charge in [-0.15, -0.1) is 0 Å². The first-order chi connectivity index (χ1) is 13.2. The molecule has 8 atom stereocenters. The van der Waals surface area contributed by atoms with Crippen LogP contribution < -0.4 is 0 Å². The molecule has 5 aliphatic rings. The Morgan fingerprint density at radius 1 is 1.04 bits per heavy atom. The number of hydrogen-bond acceptors (Lipinski definition) is 5. The standard InChI is InChI=1S/C23H34O5/c1-14(24)18-6-11-23(26)20(18,3)8-7-19-21-9-5-17(28-15(2)25)12-16(21)4-10-22(19,23)27-13-21/h16-19,26H,4-13H2,1-3H3/t16-,17-,18+,19+,20+,21+,22-,23+/m0/s1. The highest BCUT2D eigenvalue weighted by atomic mass is 16.5. The maximum absolute atomic E-state index is 12.4. The van der Waals surface area contributed by atoms with Crippen molar-refractivity contribution >= 4 is 11.8 Å². The molecule has 1 aliphatic heterocycles. The lowest BCUT2D eigenvalue weighted by atomic mass is 9.42. The van der Waals surface area contributed by atoms with Crippen LogP contribution in [0.15, 0.2) is 0 Å². The summed E-state index contributed by atoms with van der Waals surface area (Å²) in [6.07, 6.45) is 8.19. The van der Waals surface area contributed by atoms with Gasteiger partial charge in [-0.25, -0.2) is 0 Å². The van der Waals surface area contributed by atoms with Crippen LogP contribution in [0.1, 0.15) is 78.6 Å². The summed E-state index contributed by atoms with van der Waals surface area (Å²) in [7, 11) is 0. The molecule has 0 amide bonds. The number of esters is 1. The molecule has 28 heavy (non-hydrogen) atoms. The lowest BCUT2D eigenvalue weighted by Crippen LogP contribution is -2.70. The molecular weight excluding hydrogens is 356 g/mol. The molecule has 1 N–H and O–H groups in total. The van der Waals surface area contributed by atoms with E-state index in [1.807, 2.05) is 0 Å². The highest BCUT2D eigenvalue weighted by molar-refractivity contribution is 5.80. The van der Waals surface area contributed by atoms with Crippen LogP contribution in [-0.2, 0) is 19.1 Å². The second kappa shape index (κ2) is 5.81. The third-order valence-electron chi connectivity index (χ3n) is 10.00.